The summed E-state index contributed by atoms with van der Waals surface area (Å²) >= 11 is 0. The van der Waals surface area contributed by atoms with E-state index in [-0.39, 0.29) is 30.9 Å². The molecule has 104 valence electrons. The van der Waals surface area contributed by atoms with Crippen LogP contribution in [0.15, 0.2) is 0 Å². The second-order valence-corrected chi connectivity index (χ2v) is 5.16. The minimum atomic E-state index is -0.853. The van der Waals surface area contributed by atoms with E-state index < -0.39 is 5.97 Å². The van der Waals surface area contributed by atoms with Gasteiger partial charge in [-0.25, -0.2) is 0 Å². The van der Waals surface area contributed by atoms with Crippen molar-refractivity contribution in [3.8, 4) is 0 Å². The van der Waals surface area contributed by atoms with E-state index >= 15 is 0 Å². The van der Waals surface area contributed by atoms with E-state index in [0.717, 1.165) is 32.2 Å². The monoisotopic (exact) mass is 257 g/mol. The van der Waals surface area contributed by atoms with Crippen molar-refractivity contribution in [2.24, 2.45) is 5.92 Å². The van der Waals surface area contributed by atoms with Gasteiger partial charge in [0.2, 0.25) is 5.91 Å². The number of aliphatic carboxylic acids is 1. The Morgan fingerprint density at radius 2 is 2.11 bits per heavy atom. The third-order valence-corrected chi connectivity index (χ3v) is 3.44. The van der Waals surface area contributed by atoms with Crippen molar-refractivity contribution in [3.05, 3.63) is 0 Å². The largest absolute Gasteiger partial charge is 0.481 e. The normalized spacial score (nSPS) is 21.0. The Bertz CT molecular complexity index is 293. The first-order valence-corrected chi connectivity index (χ1v) is 6.66. The van der Waals surface area contributed by atoms with Crippen LogP contribution < -0.4 is 0 Å². The summed E-state index contributed by atoms with van der Waals surface area (Å²) in [4.78, 5) is 24.5. The fraction of sp³-hybridized carbons (Fsp3) is 0.846. The molecule has 18 heavy (non-hydrogen) atoms. The predicted molar refractivity (Wildman–Crippen MR) is 67.1 cm³/mol. The molecule has 0 radical (unpaired) electrons. The Kier molecular flexibility index (Phi) is 6.12. The van der Waals surface area contributed by atoms with Gasteiger partial charge in [0, 0.05) is 32.0 Å². The zero-order chi connectivity index (χ0) is 13.5. The second kappa shape index (κ2) is 7.36. The predicted octanol–water partition coefficient (Wildman–Crippen LogP) is 1.25. The summed E-state index contributed by atoms with van der Waals surface area (Å²) in [5, 5.41) is 17.5. The molecule has 1 heterocycles. The summed E-state index contributed by atoms with van der Waals surface area (Å²) in [6, 6.07) is 0.238. The minimum absolute atomic E-state index is 0.0425. The molecule has 1 amide bonds. The van der Waals surface area contributed by atoms with Crippen molar-refractivity contribution >= 4 is 11.9 Å². The average molecular weight is 257 g/mol. The lowest BCUT2D eigenvalue weighted by atomic mass is 10.0. The van der Waals surface area contributed by atoms with Gasteiger partial charge in [0.05, 0.1) is 0 Å². The molecule has 0 aromatic rings. The number of rotatable bonds is 7. The lowest BCUT2D eigenvalue weighted by Gasteiger charge is -2.25. The van der Waals surface area contributed by atoms with Crippen LogP contribution in [0.3, 0.4) is 0 Å². The zero-order valence-corrected chi connectivity index (χ0v) is 11.0. The molecule has 1 fully saturated rings. The van der Waals surface area contributed by atoms with E-state index in [4.69, 9.17) is 10.2 Å². The maximum atomic E-state index is 12.1. The Morgan fingerprint density at radius 3 is 2.72 bits per heavy atom. The maximum absolute atomic E-state index is 12.1. The van der Waals surface area contributed by atoms with E-state index in [9.17, 15) is 9.59 Å². The third kappa shape index (κ3) is 4.64. The summed E-state index contributed by atoms with van der Waals surface area (Å²) in [6.07, 6.45) is 3.92. The fourth-order valence-electron chi connectivity index (χ4n) is 2.58. The van der Waals surface area contributed by atoms with Crippen LogP contribution in [0.5, 0.6) is 0 Å². The van der Waals surface area contributed by atoms with Crippen molar-refractivity contribution in [2.75, 3.05) is 13.2 Å². The van der Waals surface area contributed by atoms with Crippen LogP contribution in [-0.2, 0) is 9.59 Å². The van der Waals surface area contributed by atoms with Gasteiger partial charge in [0.25, 0.3) is 0 Å². The van der Waals surface area contributed by atoms with Gasteiger partial charge >= 0.3 is 5.97 Å². The fourth-order valence-corrected chi connectivity index (χ4v) is 2.58. The number of carboxylic acid groups (broad SMARTS) is 1. The van der Waals surface area contributed by atoms with Gasteiger partial charge in [-0.15, -0.1) is 0 Å². The van der Waals surface area contributed by atoms with Gasteiger partial charge in [-0.05, 0) is 31.6 Å². The van der Waals surface area contributed by atoms with Crippen molar-refractivity contribution in [2.45, 2.75) is 51.5 Å². The van der Waals surface area contributed by atoms with Crippen LogP contribution in [0.2, 0.25) is 0 Å². The second-order valence-electron chi connectivity index (χ2n) is 5.16. The molecule has 0 aromatic carbocycles. The Balaban J connectivity index is 2.42. The molecule has 1 aliphatic heterocycles. The Hall–Kier alpha value is -1.10. The smallest absolute Gasteiger partial charge is 0.303 e. The molecule has 2 N–H and O–H groups in total. The summed E-state index contributed by atoms with van der Waals surface area (Å²) in [7, 11) is 0. The first kappa shape index (κ1) is 15.0. The summed E-state index contributed by atoms with van der Waals surface area (Å²) in [6.45, 7) is 2.73. The van der Waals surface area contributed by atoms with Gasteiger partial charge in [-0.1, -0.05) is 6.92 Å². The molecule has 5 nitrogen and oxygen atoms in total. The molecule has 0 bridgehead atoms. The third-order valence-electron chi connectivity index (χ3n) is 3.44. The summed E-state index contributed by atoms with van der Waals surface area (Å²) < 4.78 is 0. The number of aliphatic hydroxyl groups is 1. The molecule has 1 aliphatic rings. The van der Waals surface area contributed by atoms with Crippen molar-refractivity contribution in [1.82, 2.24) is 4.90 Å². The number of hydrogen-bond donors (Lipinski definition) is 2. The quantitative estimate of drug-likeness (QED) is 0.719. The molecule has 0 saturated carbocycles. The van der Waals surface area contributed by atoms with Crippen LogP contribution in [0.4, 0.5) is 0 Å². The zero-order valence-electron chi connectivity index (χ0n) is 11.0. The summed E-state index contributed by atoms with van der Waals surface area (Å²) in [5.74, 6) is -0.910. The molecular weight excluding hydrogens is 234 g/mol. The molecular formula is C13H23NO4. The van der Waals surface area contributed by atoms with Crippen LogP contribution in [0.25, 0.3) is 0 Å². The van der Waals surface area contributed by atoms with Crippen molar-refractivity contribution in [3.63, 3.8) is 0 Å². The Morgan fingerprint density at radius 1 is 1.39 bits per heavy atom. The lowest BCUT2D eigenvalue weighted by molar-refractivity contribution is -0.138. The Labute approximate surface area is 108 Å². The van der Waals surface area contributed by atoms with Crippen LogP contribution >= 0.6 is 0 Å². The molecule has 0 aromatic heterocycles. The van der Waals surface area contributed by atoms with Gasteiger partial charge in [0.15, 0.2) is 0 Å². The van der Waals surface area contributed by atoms with Crippen molar-refractivity contribution < 1.29 is 19.8 Å². The molecule has 1 rings (SSSR count). The highest BCUT2D eigenvalue weighted by atomic mass is 16.4. The van der Waals surface area contributed by atoms with E-state index in [2.05, 4.69) is 0 Å². The van der Waals surface area contributed by atoms with E-state index in [1.54, 1.807) is 6.92 Å². The lowest BCUT2D eigenvalue weighted by Crippen LogP contribution is -2.36. The molecule has 2 atom stereocenters. The number of nitrogens with zero attached hydrogens (tertiary/aromatic N) is 1. The van der Waals surface area contributed by atoms with Crippen LogP contribution in [-0.4, -0.2) is 46.2 Å². The SMILES string of the molecule is CC(CC(=O)O)CC(=O)N1CCCC1CCCO. The number of hydrogen-bond acceptors (Lipinski definition) is 3. The average Bonchev–Trinajstić information content (AvgIpc) is 2.72. The van der Waals surface area contributed by atoms with Gasteiger partial charge in [0.1, 0.15) is 0 Å². The summed E-state index contributed by atoms with van der Waals surface area (Å²) in [5.41, 5.74) is 0. The number of carbonyl (C=O) groups is 2. The van der Waals surface area contributed by atoms with Crippen LogP contribution in [0.1, 0.15) is 45.4 Å². The first-order chi connectivity index (χ1) is 8.54. The number of likely N-dealkylation sites (tertiary alicyclic amines) is 1. The number of aliphatic hydroxyl groups excluding tert-OH is 1. The topological polar surface area (TPSA) is 77.8 Å². The van der Waals surface area contributed by atoms with Gasteiger partial charge in [-0.2, -0.15) is 0 Å². The van der Waals surface area contributed by atoms with Gasteiger partial charge < -0.3 is 15.1 Å². The minimum Gasteiger partial charge on any atom is -0.481 e. The van der Waals surface area contributed by atoms with Crippen molar-refractivity contribution in [1.29, 1.82) is 0 Å². The van der Waals surface area contributed by atoms with E-state index in [0.29, 0.717) is 6.42 Å². The highest BCUT2D eigenvalue weighted by Crippen LogP contribution is 2.23. The first-order valence-electron chi connectivity index (χ1n) is 6.66. The highest BCUT2D eigenvalue weighted by molar-refractivity contribution is 5.78. The number of amides is 1. The standard InChI is InChI=1S/C13H23NO4/c1-10(9-13(17)18)8-12(16)14-6-2-4-11(14)5-3-7-15/h10-11,15H,2-9H2,1H3,(H,17,18). The van der Waals surface area contributed by atoms with E-state index in [1.165, 1.54) is 0 Å². The molecule has 0 spiro atoms. The molecule has 1 saturated heterocycles. The highest BCUT2D eigenvalue weighted by Gasteiger charge is 2.28. The number of carbonyl (C=O) groups excluding carboxylic acids is 1. The van der Waals surface area contributed by atoms with E-state index in [1.807, 2.05) is 4.90 Å². The van der Waals surface area contributed by atoms with Crippen LogP contribution in [0, 0.1) is 5.92 Å². The maximum Gasteiger partial charge on any atom is 0.303 e. The molecule has 2 unspecified atom stereocenters. The van der Waals surface area contributed by atoms with Gasteiger partial charge in [-0.3, -0.25) is 9.59 Å². The molecule has 5 heteroatoms. The number of carboxylic acids is 1. The molecule has 0 aliphatic carbocycles.